The number of fused-ring (bicyclic) bond motifs is 1. The molecule has 3 aromatic rings. The smallest absolute Gasteiger partial charge is 0.256 e. The summed E-state index contributed by atoms with van der Waals surface area (Å²) < 4.78 is 19.9. The average Bonchev–Trinajstić information content (AvgIpc) is 2.42. The Kier molecular flexibility index (Phi) is 3.36. The van der Waals surface area contributed by atoms with E-state index in [2.05, 4.69) is 25.9 Å². The van der Waals surface area contributed by atoms with Crippen molar-refractivity contribution in [3.63, 3.8) is 0 Å². The van der Waals surface area contributed by atoms with Gasteiger partial charge in [-0.2, -0.15) is 0 Å². The highest BCUT2D eigenvalue weighted by molar-refractivity contribution is 9.10. The molecule has 0 spiro atoms. The molecule has 0 atom stereocenters. The lowest BCUT2D eigenvalue weighted by Gasteiger charge is -2.08. The van der Waals surface area contributed by atoms with Crippen LogP contribution in [0.5, 0.6) is 11.6 Å². The van der Waals surface area contributed by atoms with Crippen LogP contribution in [0.2, 0.25) is 0 Å². The lowest BCUT2D eigenvalue weighted by atomic mass is 10.2. The minimum Gasteiger partial charge on any atom is -0.434 e. The minimum atomic E-state index is -0.524. The molecule has 0 aliphatic rings. The summed E-state index contributed by atoms with van der Waals surface area (Å²) in [4.78, 5) is 8.36. The van der Waals surface area contributed by atoms with E-state index in [0.29, 0.717) is 15.7 Å². The number of para-hydroxylation sites is 1. The summed E-state index contributed by atoms with van der Waals surface area (Å²) in [6.45, 7) is 1.90. The summed E-state index contributed by atoms with van der Waals surface area (Å²) in [5.41, 5.74) is 1.56. The first kappa shape index (κ1) is 13.0. The number of rotatable bonds is 2. The second-order valence-corrected chi connectivity index (χ2v) is 5.24. The van der Waals surface area contributed by atoms with E-state index in [9.17, 15) is 4.39 Å². The van der Waals surface area contributed by atoms with Crippen molar-refractivity contribution in [2.45, 2.75) is 6.92 Å². The zero-order valence-electron chi connectivity index (χ0n) is 10.6. The van der Waals surface area contributed by atoms with Crippen molar-refractivity contribution in [1.82, 2.24) is 9.97 Å². The molecule has 0 aliphatic heterocycles. The standard InChI is InChI=1S/C15H10BrFN2O/c1-9-5-6-10-3-2-4-13(14(10)19-9)20-15-12(17)7-11(16)8-18-15/h2-8H,1H3. The molecule has 0 unspecified atom stereocenters. The lowest BCUT2D eigenvalue weighted by molar-refractivity contribution is 0.425. The first-order valence-electron chi connectivity index (χ1n) is 5.99. The number of benzene rings is 1. The van der Waals surface area contributed by atoms with Crippen LogP contribution in [0, 0.1) is 12.7 Å². The molecular formula is C15H10BrFN2O. The molecule has 20 heavy (non-hydrogen) atoms. The first-order valence-corrected chi connectivity index (χ1v) is 6.78. The Bertz CT molecular complexity index is 792. The molecule has 3 rings (SSSR count). The number of halogens is 2. The minimum absolute atomic E-state index is 0.0657. The fraction of sp³-hybridized carbons (Fsp3) is 0.0667. The Balaban J connectivity index is 2.08. The van der Waals surface area contributed by atoms with E-state index in [1.807, 2.05) is 31.2 Å². The van der Waals surface area contributed by atoms with Gasteiger partial charge in [-0.1, -0.05) is 18.2 Å². The van der Waals surface area contributed by atoms with Crippen LogP contribution in [-0.2, 0) is 0 Å². The second kappa shape index (κ2) is 5.17. The topological polar surface area (TPSA) is 35.0 Å². The van der Waals surface area contributed by atoms with Gasteiger partial charge in [0, 0.05) is 21.7 Å². The number of aromatic nitrogens is 2. The van der Waals surface area contributed by atoms with Crippen molar-refractivity contribution in [3.05, 3.63) is 58.6 Å². The largest absolute Gasteiger partial charge is 0.434 e. The molecular weight excluding hydrogens is 323 g/mol. The van der Waals surface area contributed by atoms with Crippen molar-refractivity contribution in [2.24, 2.45) is 0 Å². The molecule has 0 N–H and O–H groups in total. The second-order valence-electron chi connectivity index (χ2n) is 4.32. The van der Waals surface area contributed by atoms with Crippen molar-refractivity contribution >= 4 is 26.8 Å². The molecule has 0 saturated carbocycles. The van der Waals surface area contributed by atoms with Crippen LogP contribution in [0.1, 0.15) is 5.69 Å². The van der Waals surface area contributed by atoms with Gasteiger partial charge in [0.2, 0.25) is 0 Å². The molecule has 5 heteroatoms. The number of hydrogen-bond acceptors (Lipinski definition) is 3. The number of hydrogen-bond donors (Lipinski definition) is 0. The summed E-state index contributed by atoms with van der Waals surface area (Å²) in [5, 5.41) is 0.936. The van der Waals surface area contributed by atoms with Crippen molar-refractivity contribution in [1.29, 1.82) is 0 Å². The highest BCUT2D eigenvalue weighted by Gasteiger charge is 2.10. The maximum absolute atomic E-state index is 13.8. The van der Waals surface area contributed by atoms with Gasteiger partial charge in [0.25, 0.3) is 5.88 Å². The number of ether oxygens (including phenoxy) is 1. The molecule has 1 aromatic carbocycles. The van der Waals surface area contributed by atoms with E-state index in [-0.39, 0.29) is 5.88 Å². The highest BCUT2D eigenvalue weighted by atomic mass is 79.9. The van der Waals surface area contributed by atoms with Crippen LogP contribution in [-0.4, -0.2) is 9.97 Å². The molecule has 0 aliphatic carbocycles. The van der Waals surface area contributed by atoms with Crippen LogP contribution in [0.4, 0.5) is 4.39 Å². The quantitative estimate of drug-likeness (QED) is 0.686. The van der Waals surface area contributed by atoms with E-state index in [4.69, 9.17) is 4.74 Å². The Hall–Kier alpha value is -2.01. The van der Waals surface area contributed by atoms with Gasteiger partial charge in [0.05, 0.1) is 0 Å². The summed E-state index contributed by atoms with van der Waals surface area (Å²) in [5.74, 6) is -0.104. The molecule has 3 nitrogen and oxygen atoms in total. The van der Waals surface area contributed by atoms with Gasteiger partial charge in [0.15, 0.2) is 11.6 Å². The van der Waals surface area contributed by atoms with Gasteiger partial charge in [-0.05, 0) is 41.1 Å². The van der Waals surface area contributed by atoms with E-state index < -0.39 is 5.82 Å². The molecule has 0 saturated heterocycles. The molecule has 0 amide bonds. The summed E-state index contributed by atoms with van der Waals surface area (Å²) in [6.07, 6.45) is 1.49. The van der Waals surface area contributed by atoms with E-state index in [1.54, 1.807) is 6.07 Å². The molecule has 0 radical (unpaired) electrons. The molecule has 0 fully saturated rings. The van der Waals surface area contributed by atoms with Gasteiger partial charge >= 0.3 is 0 Å². The third-order valence-corrected chi connectivity index (χ3v) is 3.24. The van der Waals surface area contributed by atoms with Crippen LogP contribution in [0.3, 0.4) is 0 Å². The zero-order valence-corrected chi connectivity index (χ0v) is 12.2. The van der Waals surface area contributed by atoms with Gasteiger partial charge in [-0.3, -0.25) is 0 Å². The summed E-state index contributed by atoms with van der Waals surface area (Å²) in [6, 6.07) is 10.7. The average molecular weight is 333 g/mol. The van der Waals surface area contributed by atoms with Crippen LogP contribution < -0.4 is 4.74 Å². The van der Waals surface area contributed by atoms with Crippen molar-refractivity contribution in [2.75, 3.05) is 0 Å². The van der Waals surface area contributed by atoms with Gasteiger partial charge < -0.3 is 4.74 Å². The lowest BCUT2D eigenvalue weighted by Crippen LogP contribution is -1.94. The van der Waals surface area contributed by atoms with Gasteiger partial charge in [-0.15, -0.1) is 0 Å². The molecule has 100 valence electrons. The van der Waals surface area contributed by atoms with Crippen molar-refractivity contribution in [3.8, 4) is 11.6 Å². The normalized spacial score (nSPS) is 10.8. The number of nitrogens with zero attached hydrogens (tertiary/aromatic N) is 2. The van der Waals surface area contributed by atoms with E-state index in [1.165, 1.54) is 12.3 Å². The van der Waals surface area contributed by atoms with Crippen LogP contribution >= 0.6 is 15.9 Å². The number of pyridine rings is 2. The van der Waals surface area contributed by atoms with E-state index in [0.717, 1.165) is 11.1 Å². The predicted molar refractivity (Wildman–Crippen MR) is 78.4 cm³/mol. The fourth-order valence-corrected chi connectivity index (χ4v) is 2.18. The van der Waals surface area contributed by atoms with Crippen LogP contribution in [0.25, 0.3) is 10.9 Å². The third kappa shape index (κ3) is 2.49. The highest BCUT2D eigenvalue weighted by Crippen LogP contribution is 2.29. The third-order valence-electron chi connectivity index (χ3n) is 2.80. The predicted octanol–water partition coefficient (Wildman–Crippen LogP) is 4.63. The van der Waals surface area contributed by atoms with Gasteiger partial charge in [-0.25, -0.2) is 14.4 Å². The number of aryl methyl sites for hydroxylation is 1. The Morgan fingerprint density at radius 1 is 1.20 bits per heavy atom. The summed E-state index contributed by atoms with van der Waals surface area (Å²) >= 11 is 3.16. The van der Waals surface area contributed by atoms with E-state index >= 15 is 0 Å². The van der Waals surface area contributed by atoms with Crippen molar-refractivity contribution < 1.29 is 9.13 Å². The molecule has 0 bridgehead atoms. The Labute approximate surface area is 123 Å². The maximum atomic E-state index is 13.8. The Morgan fingerprint density at radius 3 is 2.85 bits per heavy atom. The van der Waals surface area contributed by atoms with Crippen LogP contribution in [0.15, 0.2) is 47.1 Å². The zero-order chi connectivity index (χ0) is 14.1. The first-order chi connectivity index (χ1) is 9.63. The Morgan fingerprint density at radius 2 is 2.05 bits per heavy atom. The monoisotopic (exact) mass is 332 g/mol. The molecule has 2 aromatic heterocycles. The molecule has 2 heterocycles. The van der Waals surface area contributed by atoms with Gasteiger partial charge in [0.1, 0.15) is 5.52 Å². The maximum Gasteiger partial charge on any atom is 0.256 e. The summed E-state index contributed by atoms with van der Waals surface area (Å²) in [7, 11) is 0. The SMILES string of the molecule is Cc1ccc2cccc(Oc3ncc(Br)cc3F)c2n1. The fourth-order valence-electron chi connectivity index (χ4n) is 1.88.